The van der Waals surface area contributed by atoms with Gasteiger partial charge in [0, 0.05) is 12.4 Å². The zero-order chi connectivity index (χ0) is 11.4. The van der Waals surface area contributed by atoms with Gasteiger partial charge in [0.1, 0.15) is 6.34 Å². The van der Waals surface area contributed by atoms with Gasteiger partial charge in [-0.2, -0.15) is 0 Å². The lowest BCUT2D eigenvalue weighted by molar-refractivity contribution is 0.481. The van der Waals surface area contributed by atoms with Crippen LogP contribution >= 0.6 is 0 Å². The first-order valence-corrected chi connectivity index (χ1v) is 6.81. The largest absolute Gasteiger partial charge is 0.317 e. The van der Waals surface area contributed by atoms with Crippen molar-refractivity contribution in [2.75, 3.05) is 13.1 Å². The Hall–Kier alpha value is -1.14. The molecule has 0 aromatic rings. The molecule has 0 amide bonds. The molecule has 16 heavy (non-hydrogen) atoms. The Balaban J connectivity index is 2.17. The van der Waals surface area contributed by atoms with Crippen molar-refractivity contribution in [1.82, 2.24) is 9.62 Å². The molecular formula is C10H15N3O2S. The van der Waals surface area contributed by atoms with Crippen LogP contribution in [-0.2, 0) is 10.0 Å². The zero-order valence-electron chi connectivity index (χ0n) is 8.91. The number of aliphatic imine (C=N–C) groups is 1. The summed E-state index contributed by atoms with van der Waals surface area (Å²) in [7, 11) is -3.29. The fourth-order valence-corrected chi connectivity index (χ4v) is 3.39. The van der Waals surface area contributed by atoms with Gasteiger partial charge < -0.3 is 5.32 Å². The Kier molecular flexibility index (Phi) is 3.40. The van der Waals surface area contributed by atoms with Crippen LogP contribution in [0.1, 0.15) is 12.8 Å². The smallest absolute Gasteiger partial charge is 0.242 e. The van der Waals surface area contributed by atoms with Crippen molar-refractivity contribution in [3.63, 3.8) is 0 Å². The van der Waals surface area contributed by atoms with Gasteiger partial charge in [0.2, 0.25) is 10.0 Å². The summed E-state index contributed by atoms with van der Waals surface area (Å²) in [4.78, 5) is 3.88. The lowest BCUT2D eigenvalue weighted by Crippen LogP contribution is -2.41. The maximum Gasteiger partial charge on any atom is 0.242 e. The summed E-state index contributed by atoms with van der Waals surface area (Å²) in [5.74, 6) is 0. The Morgan fingerprint density at radius 1 is 1.25 bits per heavy atom. The van der Waals surface area contributed by atoms with Crippen LogP contribution in [0.5, 0.6) is 0 Å². The van der Waals surface area contributed by atoms with Crippen molar-refractivity contribution in [3.8, 4) is 0 Å². The second-order valence-electron chi connectivity index (χ2n) is 3.77. The van der Waals surface area contributed by atoms with Crippen LogP contribution in [0.2, 0.25) is 0 Å². The SMILES string of the molecule is O=S(=O)(C1CCNCC1)N1C=CC=CN=C1. The molecule has 2 rings (SSSR count). The molecule has 2 heterocycles. The third-order valence-corrected chi connectivity index (χ3v) is 4.82. The molecule has 0 unspecified atom stereocenters. The molecule has 0 radical (unpaired) electrons. The van der Waals surface area contributed by atoms with Crippen LogP contribution in [0.3, 0.4) is 0 Å². The molecular weight excluding hydrogens is 226 g/mol. The Bertz CT molecular complexity index is 403. The number of rotatable bonds is 2. The molecule has 5 nitrogen and oxygen atoms in total. The Morgan fingerprint density at radius 2 is 2.00 bits per heavy atom. The second-order valence-corrected chi connectivity index (χ2v) is 5.89. The summed E-state index contributed by atoms with van der Waals surface area (Å²) in [6.45, 7) is 1.52. The molecule has 0 spiro atoms. The highest BCUT2D eigenvalue weighted by atomic mass is 32.2. The minimum Gasteiger partial charge on any atom is -0.317 e. The highest BCUT2D eigenvalue weighted by molar-refractivity contribution is 7.90. The first kappa shape index (κ1) is 11.3. The molecule has 0 saturated carbocycles. The van der Waals surface area contributed by atoms with Gasteiger partial charge in [0.15, 0.2) is 0 Å². The average molecular weight is 241 g/mol. The fraction of sp³-hybridized carbons (Fsp3) is 0.500. The van der Waals surface area contributed by atoms with Crippen molar-refractivity contribution < 1.29 is 8.42 Å². The van der Waals surface area contributed by atoms with Gasteiger partial charge in [-0.05, 0) is 38.1 Å². The molecule has 0 aromatic heterocycles. The lowest BCUT2D eigenvalue weighted by Gasteiger charge is -2.26. The number of sulfonamides is 1. The van der Waals surface area contributed by atoms with E-state index in [1.807, 2.05) is 0 Å². The highest BCUT2D eigenvalue weighted by Crippen LogP contribution is 2.17. The normalized spacial score (nSPS) is 22.4. The van der Waals surface area contributed by atoms with Crippen LogP contribution in [-0.4, -0.2) is 37.4 Å². The van der Waals surface area contributed by atoms with E-state index in [0.717, 1.165) is 13.1 Å². The summed E-state index contributed by atoms with van der Waals surface area (Å²) in [6, 6.07) is 0. The number of piperidine rings is 1. The average Bonchev–Trinajstić information content (AvgIpc) is 2.59. The molecule has 2 aliphatic rings. The maximum atomic E-state index is 12.2. The highest BCUT2D eigenvalue weighted by Gasteiger charge is 2.30. The topological polar surface area (TPSA) is 61.8 Å². The molecule has 88 valence electrons. The maximum absolute atomic E-state index is 12.2. The number of hydrogen-bond donors (Lipinski definition) is 1. The molecule has 6 heteroatoms. The Labute approximate surface area is 95.6 Å². The molecule has 2 aliphatic heterocycles. The monoisotopic (exact) mass is 241 g/mol. The van der Waals surface area contributed by atoms with Gasteiger partial charge in [-0.15, -0.1) is 0 Å². The van der Waals surface area contributed by atoms with Gasteiger partial charge in [0.25, 0.3) is 0 Å². The molecule has 1 N–H and O–H groups in total. The zero-order valence-corrected chi connectivity index (χ0v) is 9.73. The van der Waals surface area contributed by atoms with Gasteiger partial charge in [-0.3, -0.25) is 0 Å². The van der Waals surface area contributed by atoms with E-state index in [-0.39, 0.29) is 5.25 Å². The van der Waals surface area contributed by atoms with E-state index in [9.17, 15) is 8.42 Å². The Morgan fingerprint density at radius 3 is 2.75 bits per heavy atom. The van der Waals surface area contributed by atoms with E-state index in [1.54, 1.807) is 18.4 Å². The van der Waals surface area contributed by atoms with Crippen LogP contribution in [0.25, 0.3) is 0 Å². The van der Waals surface area contributed by atoms with Gasteiger partial charge in [-0.25, -0.2) is 17.7 Å². The minimum atomic E-state index is -3.29. The molecule has 0 atom stereocenters. The van der Waals surface area contributed by atoms with Gasteiger partial charge >= 0.3 is 0 Å². The van der Waals surface area contributed by atoms with E-state index in [4.69, 9.17) is 0 Å². The standard InChI is InChI=1S/C10H15N3O2S/c14-16(15,10-3-6-11-7-4-10)13-8-2-1-5-12-9-13/h1-2,5,8-11H,3-4,6-7H2. The first-order valence-electron chi connectivity index (χ1n) is 5.31. The summed E-state index contributed by atoms with van der Waals surface area (Å²) >= 11 is 0. The lowest BCUT2D eigenvalue weighted by atomic mass is 10.2. The van der Waals surface area contributed by atoms with E-state index < -0.39 is 10.0 Å². The van der Waals surface area contributed by atoms with E-state index in [2.05, 4.69) is 10.3 Å². The quantitative estimate of drug-likeness (QED) is 0.763. The third-order valence-electron chi connectivity index (χ3n) is 2.70. The minimum absolute atomic E-state index is 0.303. The van der Waals surface area contributed by atoms with Crippen molar-refractivity contribution in [1.29, 1.82) is 0 Å². The first-order chi connectivity index (χ1) is 7.71. The van der Waals surface area contributed by atoms with Crippen molar-refractivity contribution in [2.24, 2.45) is 4.99 Å². The van der Waals surface area contributed by atoms with E-state index >= 15 is 0 Å². The van der Waals surface area contributed by atoms with Crippen molar-refractivity contribution in [3.05, 3.63) is 24.6 Å². The van der Waals surface area contributed by atoms with Crippen LogP contribution < -0.4 is 5.32 Å². The summed E-state index contributed by atoms with van der Waals surface area (Å²) < 4.78 is 25.7. The van der Waals surface area contributed by atoms with E-state index in [1.165, 1.54) is 16.8 Å². The number of nitrogens with one attached hydrogen (secondary N) is 1. The third kappa shape index (κ3) is 2.33. The summed E-state index contributed by atoms with van der Waals surface area (Å²) in [5.41, 5.74) is 0. The van der Waals surface area contributed by atoms with E-state index in [0.29, 0.717) is 12.8 Å². The molecule has 1 saturated heterocycles. The fourth-order valence-electron chi connectivity index (χ4n) is 1.79. The summed E-state index contributed by atoms with van der Waals surface area (Å²) in [6.07, 6.45) is 9.14. The molecule has 1 fully saturated rings. The number of allylic oxidation sites excluding steroid dienone is 2. The predicted molar refractivity (Wildman–Crippen MR) is 63.4 cm³/mol. The van der Waals surface area contributed by atoms with Crippen molar-refractivity contribution >= 4 is 16.4 Å². The number of hydrogen-bond acceptors (Lipinski definition) is 4. The van der Waals surface area contributed by atoms with Crippen molar-refractivity contribution in [2.45, 2.75) is 18.1 Å². The summed E-state index contributed by atoms with van der Waals surface area (Å²) in [5, 5.41) is 2.85. The molecule has 0 aromatic carbocycles. The van der Waals surface area contributed by atoms with Crippen LogP contribution in [0.15, 0.2) is 29.5 Å². The van der Waals surface area contributed by atoms with Gasteiger partial charge in [-0.1, -0.05) is 0 Å². The molecule has 0 aliphatic carbocycles. The van der Waals surface area contributed by atoms with Crippen LogP contribution in [0.4, 0.5) is 0 Å². The predicted octanol–water partition coefficient (Wildman–Crippen LogP) is 0.439. The molecule has 0 bridgehead atoms. The number of nitrogens with zero attached hydrogens (tertiary/aromatic N) is 2. The van der Waals surface area contributed by atoms with Gasteiger partial charge in [0.05, 0.1) is 5.25 Å². The second kappa shape index (κ2) is 4.80. The van der Waals surface area contributed by atoms with Crippen LogP contribution in [0, 0.1) is 0 Å².